The Balaban J connectivity index is 2.53. The quantitative estimate of drug-likeness (QED) is 0.838. The molecular formula is C9H7F3INO2. The summed E-state index contributed by atoms with van der Waals surface area (Å²) < 4.78 is 39.8. The number of aromatic nitrogens is 1. The average molecular weight is 345 g/mol. The third-order valence-corrected chi connectivity index (χ3v) is 3.31. The minimum Gasteiger partial charge on any atom is -0.477 e. The molecule has 1 heterocycles. The van der Waals surface area contributed by atoms with Crippen LogP contribution in [-0.2, 0) is 5.54 Å². The normalized spacial score (nSPS) is 18.5. The minimum atomic E-state index is -4.40. The average Bonchev–Trinajstić information content (AvgIpc) is 2.84. The number of rotatable bonds is 2. The second-order valence-electron chi connectivity index (χ2n) is 3.75. The second kappa shape index (κ2) is 3.38. The van der Waals surface area contributed by atoms with Crippen molar-refractivity contribution >= 4 is 28.6 Å². The van der Waals surface area contributed by atoms with Gasteiger partial charge in [-0.05, 0) is 41.5 Å². The first-order valence-corrected chi connectivity index (χ1v) is 5.54. The van der Waals surface area contributed by atoms with E-state index in [0.717, 1.165) is 4.57 Å². The van der Waals surface area contributed by atoms with Crippen LogP contribution in [0.4, 0.5) is 13.2 Å². The van der Waals surface area contributed by atoms with Crippen LogP contribution in [0.15, 0.2) is 12.3 Å². The number of carbonyl (C=O) groups is 1. The van der Waals surface area contributed by atoms with Gasteiger partial charge in [0.15, 0.2) is 0 Å². The Morgan fingerprint density at radius 3 is 2.44 bits per heavy atom. The van der Waals surface area contributed by atoms with E-state index in [9.17, 15) is 18.0 Å². The van der Waals surface area contributed by atoms with Gasteiger partial charge in [0.25, 0.3) is 0 Å². The molecular weight excluding hydrogens is 338 g/mol. The van der Waals surface area contributed by atoms with Crippen molar-refractivity contribution in [1.82, 2.24) is 4.57 Å². The lowest BCUT2D eigenvalue weighted by molar-refractivity contribution is -0.180. The van der Waals surface area contributed by atoms with Gasteiger partial charge in [-0.3, -0.25) is 0 Å². The summed E-state index contributed by atoms with van der Waals surface area (Å²) in [6.07, 6.45) is -3.27. The molecule has 0 aliphatic heterocycles. The summed E-state index contributed by atoms with van der Waals surface area (Å²) in [6.45, 7) is 0. The van der Waals surface area contributed by atoms with Gasteiger partial charge in [-0.2, -0.15) is 13.2 Å². The largest absolute Gasteiger partial charge is 0.477 e. The van der Waals surface area contributed by atoms with Crippen molar-refractivity contribution in [3.63, 3.8) is 0 Å². The molecule has 1 N–H and O–H groups in total. The fourth-order valence-corrected chi connectivity index (χ4v) is 2.30. The topological polar surface area (TPSA) is 42.2 Å². The zero-order valence-corrected chi connectivity index (χ0v) is 10.0. The third kappa shape index (κ3) is 1.61. The maximum Gasteiger partial charge on any atom is 0.411 e. The number of nitrogens with zero attached hydrogens (tertiary/aromatic N) is 1. The van der Waals surface area contributed by atoms with Gasteiger partial charge in [0, 0.05) is 9.77 Å². The van der Waals surface area contributed by atoms with Crippen LogP contribution in [0.3, 0.4) is 0 Å². The van der Waals surface area contributed by atoms with Gasteiger partial charge >= 0.3 is 12.1 Å². The summed E-state index contributed by atoms with van der Waals surface area (Å²) >= 11 is 1.80. The Kier molecular flexibility index (Phi) is 2.48. The Labute approximate surface area is 102 Å². The van der Waals surface area contributed by atoms with E-state index in [1.54, 1.807) is 22.6 Å². The van der Waals surface area contributed by atoms with Crippen molar-refractivity contribution in [1.29, 1.82) is 0 Å². The first-order valence-electron chi connectivity index (χ1n) is 4.46. The molecule has 1 aliphatic rings. The van der Waals surface area contributed by atoms with Crippen LogP contribution >= 0.6 is 22.6 Å². The Morgan fingerprint density at radius 2 is 2.06 bits per heavy atom. The van der Waals surface area contributed by atoms with Crippen LogP contribution in [-0.4, -0.2) is 21.8 Å². The number of carboxylic acid groups (broad SMARTS) is 1. The van der Waals surface area contributed by atoms with Crippen LogP contribution in [0.5, 0.6) is 0 Å². The molecule has 0 saturated heterocycles. The van der Waals surface area contributed by atoms with Crippen LogP contribution in [0.25, 0.3) is 0 Å². The fourth-order valence-electron chi connectivity index (χ4n) is 1.73. The van der Waals surface area contributed by atoms with Crippen molar-refractivity contribution in [3.8, 4) is 0 Å². The molecule has 88 valence electrons. The summed E-state index contributed by atoms with van der Waals surface area (Å²) in [7, 11) is 0. The highest BCUT2D eigenvalue weighted by molar-refractivity contribution is 14.1. The van der Waals surface area contributed by atoms with Gasteiger partial charge in [-0.1, -0.05) is 0 Å². The smallest absolute Gasteiger partial charge is 0.411 e. The van der Waals surface area contributed by atoms with Crippen molar-refractivity contribution in [2.45, 2.75) is 24.6 Å². The minimum absolute atomic E-state index is 0.0540. The van der Waals surface area contributed by atoms with Crippen LogP contribution in [0.1, 0.15) is 23.3 Å². The van der Waals surface area contributed by atoms with E-state index in [-0.39, 0.29) is 18.5 Å². The molecule has 0 bridgehead atoms. The van der Waals surface area contributed by atoms with E-state index >= 15 is 0 Å². The lowest BCUT2D eigenvalue weighted by atomic mass is 10.2. The predicted molar refractivity (Wildman–Crippen MR) is 57.4 cm³/mol. The first kappa shape index (κ1) is 11.7. The molecule has 0 radical (unpaired) electrons. The molecule has 1 fully saturated rings. The summed E-state index contributed by atoms with van der Waals surface area (Å²) in [4.78, 5) is 10.8. The molecule has 0 aromatic carbocycles. The number of hydrogen-bond acceptors (Lipinski definition) is 1. The molecule has 2 rings (SSSR count). The second-order valence-corrected chi connectivity index (χ2v) is 4.99. The monoisotopic (exact) mass is 345 g/mol. The lowest BCUT2D eigenvalue weighted by Crippen LogP contribution is -2.36. The van der Waals surface area contributed by atoms with Crippen molar-refractivity contribution in [2.24, 2.45) is 0 Å². The number of aromatic carboxylic acids is 1. The number of hydrogen-bond donors (Lipinski definition) is 1. The van der Waals surface area contributed by atoms with E-state index < -0.39 is 17.7 Å². The molecule has 1 aromatic heterocycles. The van der Waals surface area contributed by atoms with Crippen molar-refractivity contribution in [3.05, 3.63) is 21.5 Å². The van der Waals surface area contributed by atoms with Crippen molar-refractivity contribution < 1.29 is 23.1 Å². The number of carboxylic acids is 1. The molecule has 0 amide bonds. The van der Waals surface area contributed by atoms with Gasteiger partial charge in [-0.15, -0.1) is 0 Å². The van der Waals surface area contributed by atoms with Gasteiger partial charge < -0.3 is 9.67 Å². The Hall–Kier alpha value is -0.730. The summed E-state index contributed by atoms with van der Waals surface area (Å²) in [6, 6.07) is 1.24. The standard InChI is InChI=1S/C9H7F3INO2/c10-9(11,12)8(1-2-8)14-4-5(13)3-6(14)7(15)16/h3-4H,1-2H2,(H,15,16). The molecule has 1 aliphatic carbocycles. The van der Waals surface area contributed by atoms with Gasteiger partial charge in [0.1, 0.15) is 11.2 Å². The molecule has 16 heavy (non-hydrogen) atoms. The molecule has 7 heteroatoms. The zero-order valence-electron chi connectivity index (χ0n) is 7.88. The maximum absolute atomic E-state index is 12.8. The highest BCUT2D eigenvalue weighted by Crippen LogP contribution is 2.56. The van der Waals surface area contributed by atoms with E-state index in [1.807, 2.05) is 0 Å². The lowest BCUT2D eigenvalue weighted by Gasteiger charge is -2.22. The van der Waals surface area contributed by atoms with E-state index in [2.05, 4.69) is 0 Å². The van der Waals surface area contributed by atoms with Gasteiger partial charge in [0.05, 0.1) is 0 Å². The highest BCUT2D eigenvalue weighted by Gasteiger charge is 2.65. The van der Waals surface area contributed by atoms with Crippen LogP contribution in [0, 0.1) is 3.57 Å². The van der Waals surface area contributed by atoms with Gasteiger partial charge in [-0.25, -0.2) is 4.79 Å². The maximum atomic E-state index is 12.8. The molecule has 0 atom stereocenters. The third-order valence-electron chi connectivity index (χ3n) is 2.72. The zero-order chi connectivity index (χ0) is 12.1. The van der Waals surface area contributed by atoms with E-state index in [1.165, 1.54) is 12.3 Å². The van der Waals surface area contributed by atoms with Crippen molar-refractivity contribution in [2.75, 3.05) is 0 Å². The fraction of sp³-hybridized carbons (Fsp3) is 0.444. The van der Waals surface area contributed by atoms with Crippen LogP contribution in [0.2, 0.25) is 0 Å². The molecule has 0 spiro atoms. The Bertz CT molecular complexity index is 448. The Morgan fingerprint density at radius 1 is 1.50 bits per heavy atom. The predicted octanol–water partition coefficient (Wildman–Crippen LogP) is 2.84. The van der Waals surface area contributed by atoms with Gasteiger partial charge in [0.2, 0.25) is 0 Å². The SMILES string of the molecule is O=C(O)c1cc(I)cn1C1(C(F)(F)F)CC1. The summed E-state index contributed by atoms with van der Waals surface area (Å²) in [5.41, 5.74) is -2.30. The first-order chi connectivity index (χ1) is 7.28. The number of halogens is 4. The molecule has 0 unspecified atom stereocenters. The summed E-state index contributed by atoms with van der Waals surface area (Å²) in [5, 5.41) is 8.84. The van der Waals surface area contributed by atoms with E-state index in [4.69, 9.17) is 5.11 Å². The number of alkyl halides is 3. The van der Waals surface area contributed by atoms with Crippen LogP contribution < -0.4 is 0 Å². The summed E-state index contributed by atoms with van der Waals surface area (Å²) in [5.74, 6) is -1.33. The molecule has 3 nitrogen and oxygen atoms in total. The van der Waals surface area contributed by atoms with E-state index in [0.29, 0.717) is 3.57 Å². The molecule has 1 aromatic rings. The highest BCUT2D eigenvalue weighted by atomic mass is 127. The molecule has 1 saturated carbocycles.